The van der Waals surface area contributed by atoms with E-state index in [9.17, 15) is 13.2 Å². The van der Waals surface area contributed by atoms with Gasteiger partial charge < -0.3 is 9.80 Å². The number of alkyl halides is 3. The number of rotatable bonds is 5. The first-order valence-electron chi connectivity index (χ1n) is 13.4. The van der Waals surface area contributed by atoms with Gasteiger partial charge in [0.15, 0.2) is 0 Å². The van der Waals surface area contributed by atoms with Crippen molar-refractivity contribution in [2.45, 2.75) is 61.2 Å². The summed E-state index contributed by atoms with van der Waals surface area (Å²) in [5, 5.41) is 1.20. The van der Waals surface area contributed by atoms with Crippen LogP contribution in [-0.2, 0) is 12.7 Å². The van der Waals surface area contributed by atoms with Crippen molar-refractivity contribution in [2.24, 2.45) is 10.4 Å². The molecular weight excluding hydrogens is 555 g/mol. The van der Waals surface area contributed by atoms with Gasteiger partial charge in [-0.05, 0) is 60.9 Å². The summed E-state index contributed by atoms with van der Waals surface area (Å²) < 4.78 is 39.5. The lowest BCUT2D eigenvalue weighted by molar-refractivity contribution is -0.137. The lowest BCUT2D eigenvalue weighted by Crippen LogP contribution is -2.39. The van der Waals surface area contributed by atoms with Crippen molar-refractivity contribution in [3.63, 3.8) is 0 Å². The van der Waals surface area contributed by atoms with Crippen LogP contribution >= 0.6 is 23.4 Å². The summed E-state index contributed by atoms with van der Waals surface area (Å²) in [5.41, 5.74) is 2.24. The van der Waals surface area contributed by atoms with Gasteiger partial charge in [-0.2, -0.15) is 13.2 Å². The molecule has 1 aliphatic carbocycles. The van der Waals surface area contributed by atoms with Crippen LogP contribution in [0, 0.1) is 5.41 Å². The summed E-state index contributed by atoms with van der Waals surface area (Å²) in [4.78, 5) is 18.7. The standard InChI is InChI=1S/C30H29ClF3N5S/c1-20-27-23(37-19-39(20)18-21-5-4-6-22(15-21)30(32,33)34)7-8-24(28(27)31)40-26-17-35-25(16-36-26)38-13-11-29(12-14-38)9-2-3-10-29/h4-8,15-17,19H,1-3,9-14,18H2. The third kappa shape index (κ3) is 5.46. The van der Waals surface area contributed by atoms with E-state index in [1.165, 1.54) is 56.4 Å². The Bertz CT molecular complexity index is 1440. The monoisotopic (exact) mass is 583 g/mol. The molecule has 1 saturated carbocycles. The second-order valence-corrected chi connectivity index (χ2v) is 12.2. The van der Waals surface area contributed by atoms with Crippen LogP contribution in [0.4, 0.5) is 24.7 Å². The van der Waals surface area contributed by atoms with Crippen molar-refractivity contribution in [2.75, 3.05) is 18.0 Å². The minimum atomic E-state index is -4.40. The molecule has 10 heteroatoms. The summed E-state index contributed by atoms with van der Waals surface area (Å²) in [5.74, 6) is 0.904. The molecule has 2 fully saturated rings. The molecule has 0 bridgehead atoms. The fourth-order valence-corrected chi connectivity index (χ4v) is 7.15. The van der Waals surface area contributed by atoms with Gasteiger partial charge in [0, 0.05) is 35.8 Å². The van der Waals surface area contributed by atoms with E-state index < -0.39 is 11.7 Å². The zero-order valence-electron chi connectivity index (χ0n) is 21.9. The van der Waals surface area contributed by atoms with Crippen LogP contribution in [0.25, 0.3) is 5.70 Å². The number of piperidine rings is 1. The number of aliphatic imine (C=N–C) groups is 1. The van der Waals surface area contributed by atoms with E-state index in [1.54, 1.807) is 23.5 Å². The first kappa shape index (κ1) is 27.1. The number of aromatic nitrogens is 2. The van der Waals surface area contributed by atoms with Gasteiger partial charge in [-0.3, -0.25) is 0 Å². The van der Waals surface area contributed by atoms with Gasteiger partial charge in [-0.1, -0.05) is 54.9 Å². The van der Waals surface area contributed by atoms with Crippen molar-refractivity contribution < 1.29 is 13.2 Å². The maximum Gasteiger partial charge on any atom is 0.416 e. The van der Waals surface area contributed by atoms with Crippen LogP contribution < -0.4 is 4.90 Å². The largest absolute Gasteiger partial charge is 0.416 e. The van der Waals surface area contributed by atoms with Crippen LogP contribution in [0.3, 0.4) is 0 Å². The minimum Gasteiger partial charge on any atom is -0.355 e. The molecular formula is C30H29ClF3N5S. The van der Waals surface area contributed by atoms with E-state index in [0.717, 1.165) is 41.0 Å². The summed E-state index contributed by atoms with van der Waals surface area (Å²) in [6.45, 7) is 6.42. The molecule has 2 aliphatic heterocycles. The Morgan fingerprint density at radius 3 is 2.48 bits per heavy atom. The highest BCUT2D eigenvalue weighted by Crippen LogP contribution is 2.47. The molecule has 1 aromatic heterocycles. The molecule has 5 nitrogen and oxygen atoms in total. The fourth-order valence-electron chi connectivity index (χ4n) is 6.01. The van der Waals surface area contributed by atoms with E-state index in [1.807, 2.05) is 18.3 Å². The average Bonchev–Trinajstić information content (AvgIpc) is 3.40. The predicted octanol–water partition coefficient (Wildman–Crippen LogP) is 8.61. The van der Waals surface area contributed by atoms with Crippen LogP contribution in [0.2, 0.25) is 5.02 Å². The Hall–Kier alpha value is -3.04. The molecule has 0 N–H and O–H groups in total. The SMILES string of the molecule is C=C1c2c(ccc(Sc3cnc(N4CCC5(CCCC5)CC4)cn3)c2Cl)N=CN1Cc1cccc(C(F)(F)F)c1. The minimum absolute atomic E-state index is 0.184. The highest BCUT2D eigenvalue weighted by atomic mass is 35.5. The Kier molecular flexibility index (Phi) is 7.29. The lowest BCUT2D eigenvalue weighted by Gasteiger charge is -2.39. The molecule has 3 aliphatic rings. The van der Waals surface area contributed by atoms with Crippen molar-refractivity contribution in [3.8, 4) is 0 Å². The summed E-state index contributed by atoms with van der Waals surface area (Å²) in [6, 6.07) is 9.01. The normalized spacial score (nSPS) is 18.4. The van der Waals surface area contributed by atoms with Gasteiger partial charge >= 0.3 is 6.18 Å². The molecule has 3 aromatic rings. The lowest BCUT2D eigenvalue weighted by atomic mass is 9.77. The van der Waals surface area contributed by atoms with Gasteiger partial charge in [0.2, 0.25) is 0 Å². The highest BCUT2D eigenvalue weighted by molar-refractivity contribution is 7.99. The Balaban J connectivity index is 1.15. The van der Waals surface area contributed by atoms with Crippen molar-refractivity contribution >= 4 is 46.9 Å². The molecule has 0 radical (unpaired) electrons. The van der Waals surface area contributed by atoms with Crippen molar-refractivity contribution in [1.82, 2.24) is 14.9 Å². The second kappa shape index (κ2) is 10.7. The number of hydrogen-bond donors (Lipinski definition) is 0. The van der Waals surface area contributed by atoms with E-state index in [2.05, 4.69) is 21.5 Å². The number of fused-ring (bicyclic) bond motifs is 1. The zero-order valence-corrected chi connectivity index (χ0v) is 23.5. The Morgan fingerprint density at radius 2 is 1.77 bits per heavy atom. The van der Waals surface area contributed by atoms with Gasteiger partial charge in [0.25, 0.3) is 0 Å². The third-order valence-electron chi connectivity index (χ3n) is 8.30. The molecule has 0 atom stereocenters. The van der Waals surface area contributed by atoms with Gasteiger partial charge in [-0.25, -0.2) is 15.0 Å². The number of nitrogens with zero attached hydrogens (tertiary/aromatic N) is 5. The molecule has 0 unspecified atom stereocenters. The van der Waals surface area contributed by atoms with Gasteiger partial charge in [-0.15, -0.1) is 0 Å². The molecule has 40 heavy (non-hydrogen) atoms. The molecule has 208 valence electrons. The average molecular weight is 584 g/mol. The first-order chi connectivity index (χ1) is 19.2. The van der Waals surface area contributed by atoms with Crippen LogP contribution in [0.15, 0.2) is 70.3 Å². The second-order valence-electron chi connectivity index (χ2n) is 10.8. The van der Waals surface area contributed by atoms with E-state index in [-0.39, 0.29) is 6.54 Å². The number of anilines is 1. The molecule has 6 rings (SSSR count). The number of hydrogen-bond acceptors (Lipinski definition) is 6. The van der Waals surface area contributed by atoms with Gasteiger partial charge in [0.1, 0.15) is 10.8 Å². The van der Waals surface area contributed by atoms with Crippen molar-refractivity contribution in [3.05, 3.63) is 77.1 Å². The quantitative estimate of drug-likeness (QED) is 0.301. The van der Waals surface area contributed by atoms with Crippen LogP contribution in [0.1, 0.15) is 55.2 Å². The van der Waals surface area contributed by atoms with Crippen LogP contribution in [0.5, 0.6) is 0 Å². The smallest absolute Gasteiger partial charge is 0.355 e. The molecule has 2 aromatic carbocycles. The zero-order chi connectivity index (χ0) is 27.9. The van der Waals surface area contributed by atoms with E-state index in [4.69, 9.17) is 16.6 Å². The highest BCUT2D eigenvalue weighted by Gasteiger charge is 2.37. The predicted molar refractivity (Wildman–Crippen MR) is 154 cm³/mol. The number of benzene rings is 2. The molecule has 1 saturated heterocycles. The molecule has 0 amide bonds. The summed E-state index contributed by atoms with van der Waals surface area (Å²) >= 11 is 8.26. The topological polar surface area (TPSA) is 44.6 Å². The van der Waals surface area contributed by atoms with E-state index >= 15 is 0 Å². The van der Waals surface area contributed by atoms with E-state index in [0.29, 0.717) is 32.9 Å². The third-order valence-corrected chi connectivity index (χ3v) is 9.79. The van der Waals surface area contributed by atoms with Crippen molar-refractivity contribution in [1.29, 1.82) is 0 Å². The number of halogens is 4. The Labute approximate surface area is 241 Å². The summed E-state index contributed by atoms with van der Waals surface area (Å²) in [6.07, 6.45) is 8.71. The maximum absolute atomic E-state index is 13.2. The van der Waals surface area contributed by atoms with Gasteiger partial charge in [0.05, 0.1) is 35.0 Å². The Morgan fingerprint density at radius 1 is 1.00 bits per heavy atom. The fraction of sp³-hybridized carbons (Fsp3) is 0.367. The maximum atomic E-state index is 13.2. The summed E-state index contributed by atoms with van der Waals surface area (Å²) in [7, 11) is 0. The first-order valence-corrected chi connectivity index (χ1v) is 14.6. The van der Waals surface area contributed by atoms with Crippen LogP contribution in [-0.4, -0.2) is 34.3 Å². The molecule has 3 heterocycles. The molecule has 1 spiro atoms.